The molecule has 1 aliphatic heterocycles. The number of phenolic OH excluding ortho intramolecular Hbond substituents is 1. The molecule has 4 aromatic rings. The van der Waals surface area contributed by atoms with Gasteiger partial charge in [0.2, 0.25) is 0 Å². The molecule has 0 amide bonds. The number of ether oxygens (including phenoxy) is 2. The number of para-hydroxylation sites is 1. The zero-order valence-electron chi connectivity index (χ0n) is 21.8. The Morgan fingerprint density at radius 2 is 1.92 bits per heavy atom. The molecule has 38 heavy (non-hydrogen) atoms. The third-order valence-corrected chi connectivity index (χ3v) is 6.72. The number of hydrogen-bond acceptors (Lipinski definition) is 6. The van der Waals surface area contributed by atoms with E-state index in [4.69, 9.17) is 9.47 Å². The zero-order chi connectivity index (χ0) is 26.7. The molecular weight excluding hydrogens is 478 g/mol. The van der Waals surface area contributed by atoms with Crippen LogP contribution in [-0.2, 0) is 19.4 Å². The largest absolute Gasteiger partial charge is 0.507 e. The van der Waals surface area contributed by atoms with Crippen LogP contribution in [0.15, 0.2) is 72.9 Å². The Morgan fingerprint density at radius 3 is 2.71 bits per heavy atom. The molecular formula is C31H31N3O4. The Bertz CT molecular complexity index is 1490. The molecule has 0 aliphatic carbocycles. The van der Waals surface area contributed by atoms with Crippen LogP contribution >= 0.6 is 0 Å². The average Bonchev–Trinajstić information content (AvgIpc) is 3.39. The molecule has 1 aromatic heterocycles. The number of aromatic nitrogens is 3. The van der Waals surface area contributed by atoms with Gasteiger partial charge in [0, 0.05) is 5.56 Å². The number of phenols is 1. The number of fused-ring (bicyclic) bond motifs is 1. The highest BCUT2D eigenvalue weighted by Gasteiger charge is 2.29. The first kappa shape index (κ1) is 25.3. The van der Waals surface area contributed by atoms with Crippen LogP contribution < -0.4 is 9.47 Å². The number of allylic oxidation sites excluding steroid dienone is 1. The smallest absolute Gasteiger partial charge is 0.189 e. The van der Waals surface area contributed by atoms with Gasteiger partial charge in [0.15, 0.2) is 5.78 Å². The van der Waals surface area contributed by atoms with Crippen LogP contribution in [0.1, 0.15) is 59.9 Å². The summed E-state index contributed by atoms with van der Waals surface area (Å²) in [6.07, 6.45) is 7.43. The fourth-order valence-corrected chi connectivity index (χ4v) is 4.54. The van der Waals surface area contributed by atoms with Crippen LogP contribution in [0.3, 0.4) is 0 Å². The van der Waals surface area contributed by atoms with Crippen molar-refractivity contribution < 1.29 is 19.4 Å². The minimum atomic E-state index is -0.278. The first-order chi connectivity index (χ1) is 18.3. The van der Waals surface area contributed by atoms with Gasteiger partial charge >= 0.3 is 0 Å². The fraction of sp³-hybridized carbons (Fsp3) is 0.258. The van der Waals surface area contributed by atoms with E-state index in [0.29, 0.717) is 30.1 Å². The minimum absolute atomic E-state index is 0.00603. The van der Waals surface area contributed by atoms with E-state index in [0.717, 1.165) is 29.8 Å². The lowest BCUT2D eigenvalue weighted by molar-refractivity contribution is 0.0836. The Balaban J connectivity index is 1.20. The Kier molecular flexibility index (Phi) is 7.01. The monoisotopic (exact) mass is 509 g/mol. The Labute approximate surface area is 222 Å². The third-order valence-electron chi connectivity index (χ3n) is 6.72. The van der Waals surface area contributed by atoms with E-state index in [1.807, 2.05) is 62.5 Å². The van der Waals surface area contributed by atoms with Crippen molar-refractivity contribution in [3.63, 3.8) is 0 Å². The maximum Gasteiger partial charge on any atom is 0.189 e. The number of aromatic hydroxyl groups is 1. The number of carbonyl (C=O) groups excluding carboxylic acids is 1. The molecule has 5 rings (SSSR count). The second-order valence-electron chi connectivity index (χ2n) is 9.99. The summed E-state index contributed by atoms with van der Waals surface area (Å²) in [6.45, 7) is 6.44. The Morgan fingerprint density at radius 1 is 1.13 bits per heavy atom. The van der Waals surface area contributed by atoms with Crippen molar-refractivity contribution in [3.05, 3.63) is 101 Å². The molecule has 0 saturated heterocycles. The van der Waals surface area contributed by atoms with Gasteiger partial charge in [-0.3, -0.25) is 4.79 Å². The molecule has 1 N–H and O–H groups in total. The van der Waals surface area contributed by atoms with Crippen molar-refractivity contribution in [1.82, 2.24) is 15.0 Å². The molecule has 0 fully saturated rings. The van der Waals surface area contributed by atoms with Gasteiger partial charge in [0.1, 0.15) is 35.2 Å². The summed E-state index contributed by atoms with van der Waals surface area (Å²) in [7, 11) is 0. The standard InChI is InChI=1S/C31H31N3O4/c1-4-22-7-5-6-8-27(22)34-19-23(32-33-34)20-37-24-12-9-21(10-13-24)11-15-28(35)25-14-16-29-26(30(25)36)17-18-31(2,3)38-29/h5-16,19,36H,4,17-18,20H2,1-3H3/b15-11+. The number of rotatable bonds is 8. The maximum atomic E-state index is 12.8. The molecule has 0 unspecified atom stereocenters. The quantitative estimate of drug-likeness (QED) is 0.228. The van der Waals surface area contributed by atoms with Crippen LogP contribution in [0.5, 0.6) is 17.2 Å². The molecule has 1 aliphatic rings. The maximum absolute atomic E-state index is 12.8. The molecule has 7 heteroatoms. The van der Waals surface area contributed by atoms with Crippen LogP contribution in [0.25, 0.3) is 11.8 Å². The summed E-state index contributed by atoms with van der Waals surface area (Å²) < 4.78 is 13.6. The fourth-order valence-electron chi connectivity index (χ4n) is 4.54. The van der Waals surface area contributed by atoms with Gasteiger partial charge in [0.25, 0.3) is 0 Å². The van der Waals surface area contributed by atoms with E-state index in [1.165, 1.54) is 11.6 Å². The number of ketones is 1. The van der Waals surface area contributed by atoms with Crippen molar-refractivity contribution in [3.8, 4) is 22.9 Å². The molecule has 0 spiro atoms. The molecule has 2 heterocycles. The summed E-state index contributed by atoms with van der Waals surface area (Å²) in [5.74, 6) is 1.07. The van der Waals surface area contributed by atoms with Gasteiger partial charge in [0.05, 0.1) is 17.4 Å². The number of nitrogens with zero attached hydrogens (tertiary/aromatic N) is 3. The van der Waals surface area contributed by atoms with Gasteiger partial charge in [-0.05, 0) is 80.6 Å². The normalized spacial score (nSPS) is 14.2. The highest BCUT2D eigenvalue weighted by Crippen LogP contribution is 2.40. The zero-order valence-corrected chi connectivity index (χ0v) is 21.8. The molecule has 0 radical (unpaired) electrons. The molecule has 7 nitrogen and oxygen atoms in total. The third kappa shape index (κ3) is 5.47. The van der Waals surface area contributed by atoms with E-state index in [1.54, 1.807) is 22.9 Å². The summed E-state index contributed by atoms with van der Waals surface area (Å²) >= 11 is 0. The second kappa shape index (κ2) is 10.5. The van der Waals surface area contributed by atoms with Crippen molar-refractivity contribution in [2.45, 2.75) is 52.2 Å². The topological polar surface area (TPSA) is 86.5 Å². The van der Waals surface area contributed by atoms with Gasteiger partial charge < -0.3 is 14.6 Å². The predicted molar refractivity (Wildman–Crippen MR) is 146 cm³/mol. The minimum Gasteiger partial charge on any atom is -0.507 e. The van der Waals surface area contributed by atoms with Gasteiger partial charge in [-0.1, -0.05) is 48.5 Å². The lowest BCUT2D eigenvalue weighted by Crippen LogP contribution is -2.32. The number of carbonyl (C=O) groups is 1. The Hall–Kier alpha value is -4.39. The average molecular weight is 510 g/mol. The highest BCUT2D eigenvalue weighted by atomic mass is 16.5. The van der Waals surface area contributed by atoms with Gasteiger partial charge in [-0.2, -0.15) is 0 Å². The van der Waals surface area contributed by atoms with Crippen LogP contribution in [0, 0.1) is 0 Å². The van der Waals surface area contributed by atoms with E-state index in [-0.39, 0.29) is 22.7 Å². The lowest BCUT2D eigenvalue weighted by atomic mass is 9.91. The van der Waals surface area contributed by atoms with E-state index in [2.05, 4.69) is 23.3 Å². The van der Waals surface area contributed by atoms with Crippen molar-refractivity contribution in [1.29, 1.82) is 0 Å². The number of benzene rings is 3. The summed E-state index contributed by atoms with van der Waals surface area (Å²) in [4.78, 5) is 12.8. The predicted octanol–water partition coefficient (Wildman–Crippen LogP) is 6.11. The molecule has 0 bridgehead atoms. The van der Waals surface area contributed by atoms with E-state index >= 15 is 0 Å². The van der Waals surface area contributed by atoms with Crippen molar-refractivity contribution in [2.24, 2.45) is 0 Å². The number of hydrogen-bond donors (Lipinski definition) is 1. The molecule has 194 valence electrons. The molecule has 0 saturated carbocycles. The SMILES string of the molecule is CCc1ccccc1-n1cc(COc2ccc(/C=C/C(=O)c3ccc4c(c3O)CCC(C)(C)O4)cc2)nn1. The molecule has 0 atom stereocenters. The van der Waals surface area contributed by atoms with Crippen LogP contribution in [0.2, 0.25) is 0 Å². The van der Waals surface area contributed by atoms with Crippen LogP contribution in [-0.4, -0.2) is 31.5 Å². The van der Waals surface area contributed by atoms with Crippen LogP contribution in [0.4, 0.5) is 0 Å². The molecule has 3 aromatic carbocycles. The van der Waals surface area contributed by atoms with Crippen molar-refractivity contribution >= 4 is 11.9 Å². The summed E-state index contributed by atoms with van der Waals surface area (Å²) in [5, 5.41) is 19.2. The van der Waals surface area contributed by atoms with Gasteiger partial charge in [-0.15, -0.1) is 5.10 Å². The number of aryl methyl sites for hydroxylation is 1. The van der Waals surface area contributed by atoms with Gasteiger partial charge in [-0.25, -0.2) is 4.68 Å². The van der Waals surface area contributed by atoms with E-state index < -0.39 is 0 Å². The summed E-state index contributed by atoms with van der Waals surface area (Å²) in [5.41, 5.74) is 4.48. The lowest BCUT2D eigenvalue weighted by Gasteiger charge is -2.33. The second-order valence-corrected chi connectivity index (χ2v) is 9.99. The first-order valence-electron chi connectivity index (χ1n) is 12.8. The summed E-state index contributed by atoms with van der Waals surface area (Å²) in [6, 6.07) is 18.9. The van der Waals surface area contributed by atoms with Crippen molar-refractivity contribution in [2.75, 3.05) is 0 Å². The van der Waals surface area contributed by atoms with E-state index in [9.17, 15) is 9.90 Å². The highest BCUT2D eigenvalue weighted by molar-refractivity contribution is 6.09. The first-order valence-corrected chi connectivity index (χ1v) is 12.8.